The van der Waals surface area contributed by atoms with Crippen LogP contribution in [0.1, 0.15) is 25.1 Å². The Hall–Kier alpha value is -0.820. The van der Waals surface area contributed by atoms with E-state index in [2.05, 4.69) is 27.0 Å². The van der Waals surface area contributed by atoms with Gasteiger partial charge in [-0.05, 0) is 12.8 Å². The van der Waals surface area contributed by atoms with Gasteiger partial charge in [0.25, 0.3) is 0 Å². The van der Waals surface area contributed by atoms with E-state index >= 15 is 0 Å². The Balaban J connectivity index is 2.33. The molecule has 13 heavy (non-hydrogen) atoms. The van der Waals surface area contributed by atoms with Crippen LogP contribution in [0.2, 0.25) is 0 Å². The van der Waals surface area contributed by atoms with Crippen molar-refractivity contribution in [3.63, 3.8) is 0 Å². The molecule has 0 bridgehead atoms. The molecule has 1 aromatic rings. The average Bonchev–Trinajstić information content (AvgIpc) is 2.60. The van der Waals surface area contributed by atoms with Crippen molar-refractivity contribution >= 4 is 15.9 Å². The Kier molecular flexibility index (Phi) is 4.55. The van der Waals surface area contributed by atoms with Crippen LogP contribution >= 0.6 is 15.9 Å². The first-order valence-corrected chi connectivity index (χ1v) is 5.48. The second kappa shape index (κ2) is 5.76. The smallest absolute Gasteiger partial charge is 0.212 e. The maximum absolute atomic E-state index is 8.67. The highest BCUT2D eigenvalue weighted by molar-refractivity contribution is 9.09. The number of nitrogens with zero attached hydrogens (tertiary/aromatic N) is 3. The molecule has 0 unspecified atom stereocenters. The summed E-state index contributed by atoms with van der Waals surface area (Å²) < 4.78 is 1.90. The summed E-state index contributed by atoms with van der Waals surface area (Å²) in [6, 6.07) is 2.06. The predicted molar refractivity (Wildman–Crippen MR) is 54.6 cm³/mol. The van der Waals surface area contributed by atoms with E-state index < -0.39 is 0 Å². The molecular weight excluding hydrogens is 230 g/mol. The van der Waals surface area contributed by atoms with Crippen molar-refractivity contribution in [1.82, 2.24) is 9.55 Å². The zero-order valence-corrected chi connectivity index (χ0v) is 9.00. The van der Waals surface area contributed by atoms with Crippen LogP contribution < -0.4 is 0 Å². The van der Waals surface area contributed by atoms with Crippen LogP contribution in [0.5, 0.6) is 0 Å². The number of hydrogen-bond donors (Lipinski definition) is 0. The van der Waals surface area contributed by atoms with Gasteiger partial charge in [-0.25, -0.2) is 4.98 Å². The van der Waals surface area contributed by atoms with E-state index in [1.165, 1.54) is 12.8 Å². The van der Waals surface area contributed by atoms with Gasteiger partial charge in [-0.15, -0.1) is 0 Å². The summed E-state index contributed by atoms with van der Waals surface area (Å²) >= 11 is 3.38. The third kappa shape index (κ3) is 3.19. The van der Waals surface area contributed by atoms with E-state index in [0.717, 1.165) is 18.3 Å². The van der Waals surface area contributed by atoms with Crippen molar-refractivity contribution in [3.8, 4) is 6.07 Å². The van der Waals surface area contributed by atoms with Crippen molar-refractivity contribution < 1.29 is 0 Å². The number of halogens is 1. The number of imidazole rings is 1. The topological polar surface area (TPSA) is 41.6 Å². The number of alkyl halides is 1. The van der Waals surface area contributed by atoms with Gasteiger partial charge in [0.05, 0.1) is 0 Å². The fraction of sp³-hybridized carbons (Fsp3) is 0.556. The zero-order chi connectivity index (χ0) is 9.52. The van der Waals surface area contributed by atoms with Gasteiger partial charge < -0.3 is 4.57 Å². The minimum atomic E-state index is 0.513. The number of aromatic nitrogens is 2. The molecule has 0 aliphatic rings. The summed E-state index contributed by atoms with van der Waals surface area (Å²) in [6.45, 7) is 0.899. The molecule has 0 amide bonds. The Bertz CT molecular complexity index is 287. The van der Waals surface area contributed by atoms with Gasteiger partial charge in [0.2, 0.25) is 5.82 Å². The molecule has 0 aliphatic carbocycles. The van der Waals surface area contributed by atoms with Crippen molar-refractivity contribution in [2.45, 2.75) is 25.8 Å². The fourth-order valence-electron chi connectivity index (χ4n) is 1.16. The molecule has 0 saturated heterocycles. The summed E-state index contributed by atoms with van der Waals surface area (Å²) in [7, 11) is 0. The lowest BCUT2D eigenvalue weighted by molar-refractivity contribution is 0.600. The molecule has 0 saturated carbocycles. The third-order valence-corrected chi connectivity index (χ3v) is 2.41. The standard InChI is InChI=1S/C9H12BrN3/c10-4-2-1-3-6-13-7-5-12-9(13)8-11/h5,7H,1-4,6H2. The first kappa shape index (κ1) is 10.3. The summed E-state index contributed by atoms with van der Waals surface area (Å²) in [5.74, 6) is 0.513. The first-order valence-electron chi connectivity index (χ1n) is 4.35. The van der Waals surface area contributed by atoms with Gasteiger partial charge in [0, 0.05) is 24.3 Å². The molecule has 70 valence electrons. The Labute approximate surface area is 86.5 Å². The number of hydrogen-bond acceptors (Lipinski definition) is 2. The van der Waals surface area contributed by atoms with Crippen LogP contribution in [0.3, 0.4) is 0 Å². The largest absolute Gasteiger partial charge is 0.323 e. The summed E-state index contributed by atoms with van der Waals surface area (Å²) in [5, 5.41) is 9.73. The van der Waals surface area contributed by atoms with Crippen LogP contribution in [-0.4, -0.2) is 14.9 Å². The SMILES string of the molecule is N#Cc1nccn1CCCCCBr. The Morgan fingerprint density at radius 3 is 3.00 bits per heavy atom. The molecular formula is C9H12BrN3. The quantitative estimate of drug-likeness (QED) is 0.587. The molecule has 0 aliphatic heterocycles. The number of rotatable bonds is 5. The average molecular weight is 242 g/mol. The second-order valence-corrected chi connectivity index (χ2v) is 3.60. The van der Waals surface area contributed by atoms with Gasteiger partial charge in [-0.3, -0.25) is 0 Å². The van der Waals surface area contributed by atoms with Crippen LogP contribution in [0, 0.1) is 11.3 Å². The van der Waals surface area contributed by atoms with E-state index in [0.29, 0.717) is 5.82 Å². The maximum Gasteiger partial charge on any atom is 0.212 e. The van der Waals surface area contributed by atoms with Crippen LogP contribution in [0.4, 0.5) is 0 Å². The van der Waals surface area contributed by atoms with Gasteiger partial charge in [0.1, 0.15) is 6.07 Å². The van der Waals surface area contributed by atoms with Gasteiger partial charge >= 0.3 is 0 Å². The van der Waals surface area contributed by atoms with Crippen molar-refractivity contribution in [3.05, 3.63) is 18.2 Å². The maximum atomic E-state index is 8.67. The van der Waals surface area contributed by atoms with Gasteiger partial charge in [-0.2, -0.15) is 5.26 Å². The summed E-state index contributed by atoms with van der Waals surface area (Å²) in [5.41, 5.74) is 0. The van der Waals surface area contributed by atoms with E-state index in [4.69, 9.17) is 5.26 Å². The molecule has 0 radical (unpaired) electrons. The molecule has 1 aromatic heterocycles. The molecule has 4 heteroatoms. The van der Waals surface area contributed by atoms with Crippen molar-refractivity contribution in [2.24, 2.45) is 0 Å². The third-order valence-electron chi connectivity index (χ3n) is 1.85. The molecule has 0 N–H and O–H groups in total. The lowest BCUT2D eigenvalue weighted by atomic mass is 10.2. The highest BCUT2D eigenvalue weighted by atomic mass is 79.9. The molecule has 0 atom stereocenters. The van der Waals surface area contributed by atoms with E-state index in [-0.39, 0.29) is 0 Å². The highest BCUT2D eigenvalue weighted by Crippen LogP contribution is 2.03. The molecule has 0 aromatic carbocycles. The van der Waals surface area contributed by atoms with Crippen LogP contribution in [0.15, 0.2) is 12.4 Å². The monoisotopic (exact) mass is 241 g/mol. The van der Waals surface area contributed by atoms with Crippen molar-refractivity contribution in [1.29, 1.82) is 5.26 Å². The highest BCUT2D eigenvalue weighted by Gasteiger charge is 1.99. The normalized spacial score (nSPS) is 9.85. The minimum absolute atomic E-state index is 0.513. The lowest BCUT2D eigenvalue weighted by Gasteiger charge is -2.01. The number of aryl methyl sites for hydroxylation is 1. The first-order chi connectivity index (χ1) is 6.38. The number of nitriles is 1. The van der Waals surface area contributed by atoms with Crippen LogP contribution in [-0.2, 0) is 6.54 Å². The number of unbranched alkanes of at least 4 members (excludes halogenated alkanes) is 2. The Morgan fingerprint density at radius 2 is 2.31 bits per heavy atom. The fourth-order valence-corrected chi connectivity index (χ4v) is 1.55. The Morgan fingerprint density at radius 1 is 1.46 bits per heavy atom. The molecule has 1 rings (SSSR count). The minimum Gasteiger partial charge on any atom is -0.323 e. The van der Waals surface area contributed by atoms with Crippen LogP contribution in [0.25, 0.3) is 0 Å². The molecule has 3 nitrogen and oxygen atoms in total. The van der Waals surface area contributed by atoms with E-state index in [1.807, 2.05) is 10.8 Å². The summed E-state index contributed by atoms with van der Waals surface area (Å²) in [4.78, 5) is 3.93. The van der Waals surface area contributed by atoms with E-state index in [1.54, 1.807) is 6.20 Å². The van der Waals surface area contributed by atoms with E-state index in [9.17, 15) is 0 Å². The van der Waals surface area contributed by atoms with Gasteiger partial charge in [0.15, 0.2) is 0 Å². The van der Waals surface area contributed by atoms with Gasteiger partial charge in [-0.1, -0.05) is 22.4 Å². The van der Waals surface area contributed by atoms with Crippen molar-refractivity contribution in [2.75, 3.05) is 5.33 Å². The zero-order valence-electron chi connectivity index (χ0n) is 7.41. The second-order valence-electron chi connectivity index (χ2n) is 2.81. The predicted octanol–water partition coefficient (Wildman–Crippen LogP) is 2.32. The molecule has 1 heterocycles. The lowest BCUT2D eigenvalue weighted by Crippen LogP contribution is -1.99. The molecule has 0 spiro atoms. The molecule has 0 fully saturated rings. The summed E-state index contributed by atoms with van der Waals surface area (Å²) in [6.07, 6.45) is 7.01.